The average molecular weight is 300 g/mol. The van der Waals surface area contributed by atoms with E-state index in [9.17, 15) is 0 Å². The van der Waals surface area contributed by atoms with Crippen LogP contribution in [0.25, 0.3) is 0 Å². The van der Waals surface area contributed by atoms with Gasteiger partial charge in [-0.1, -0.05) is 0 Å². The Balaban J connectivity index is 1.44. The fourth-order valence-electron chi connectivity index (χ4n) is 3.48. The largest absolute Gasteiger partial charge is 0.317 e. The molecule has 0 spiro atoms. The third-order valence-electron chi connectivity index (χ3n) is 4.94. The van der Waals surface area contributed by atoms with Gasteiger partial charge in [-0.15, -0.1) is 10.2 Å². The van der Waals surface area contributed by atoms with Crippen molar-refractivity contribution in [1.82, 2.24) is 29.4 Å². The molecule has 3 heterocycles. The second kappa shape index (κ2) is 5.50. The summed E-state index contributed by atoms with van der Waals surface area (Å²) in [5.74, 6) is 2.94. The van der Waals surface area contributed by atoms with Crippen LogP contribution in [-0.4, -0.2) is 42.0 Å². The number of rotatable bonds is 5. The Labute approximate surface area is 131 Å². The van der Waals surface area contributed by atoms with Gasteiger partial charge >= 0.3 is 0 Å². The molecule has 2 aromatic heterocycles. The lowest BCUT2D eigenvalue weighted by Crippen LogP contribution is -2.33. The molecule has 118 valence electrons. The lowest BCUT2D eigenvalue weighted by Gasteiger charge is -2.23. The normalized spacial score (nSPS) is 22.5. The van der Waals surface area contributed by atoms with E-state index in [4.69, 9.17) is 0 Å². The Morgan fingerprint density at radius 1 is 1.23 bits per heavy atom. The molecule has 1 aliphatic carbocycles. The molecule has 0 aromatic carbocycles. The molecule has 0 amide bonds. The van der Waals surface area contributed by atoms with Gasteiger partial charge in [0.25, 0.3) is 0 Å². The van der Waals surface area contributed by atoms with Crippen LogP contribution in [0.2, 0.25) is 0 Å². The first-order valence-corrected chi connectivity index (χ1v) is 8.32. The van der Waals surface area contributed by atoms with Crippen molar-refractivity contribution in [2.75, 3.05) is 6.54 Å². The molecule has 1 aliphatic heterocycles. The monoisotopic (exact) mass is 300 g/mol. The van der Waals surface area contributed by atoms with Gasteiger partial charge in [-0.25, -0.2) is 0 Å². The SMILES string of the molecule is Cc1cnn(C[C@@H]2CCCN2Cc2nnc(C3CC3)n2C)c1. The second-order valence-electron chi connectivity index (χ2n) is 6.81. The summed E-state index contributed by atoms with van der Waals surface area (Å²) in [7, 11) is 2.12. The lowest BCUT2D eigenvalue weighted by molar-refractivity contribution is 0.212. The summed E-state index contributed by atoms with van der Waals surface area (Å²) in [6, 6.07) is 0.556. The molecule has 6 nitrogen and oxygen atoms in total. The predicted molar refractivity (Wildman–Crippen MR) is 83.4 cm³/mol. The summed E-state index contributed by atoms with van der Waals surface area (Å²) >= 11 is 0. The number of aromatic nitrogens is 5. The van der Waals surface area contributed by atoms with Gasteiger partial charge < -0.3 is 4.57 Å². The van der Waals surface area contributed by atoms with Gasteiger partial charge in [0.2, 0.25) is 0 Å². The van der Waals surface area contributed by atoms with Gasteiger partial charge in [0.15, 0.2) is 0 Å². The Bertz CT molecular complexity index is 653. The standard InChI is InChI=1S/C16H24N6/c1-12-8-17-22(9-12)10-14-4-3-7-21(14)11-15-18-19-16(20(15)2)13-5-6-13/h8-9,13-14H,3-7,10-11H2,1-2H3/t14-/m0/s1. The van der Waals surface area contributed by atoms with E-state index in [2.05, 4.69) is 49.6 Å². The summed E-state index contributed by atoms with van der Waals surface area (Å²) < 4.78 is 4.29. The van der Waals surface area contributed by atoms with Crippen molar-refractivity contribution < 1.29 is 0 Å². The smallest absolute Gasteiger partial charge is 0.146 e. The van der Waals surface area contributed by atoms with E-state index in [1.165, 1.54) is 37.1 Å². The lowest BCUT2D eigenvalue weighted by atomic mass is 10.2. The molecule has 2 aliphatic rings. The van der Waals surface area contributed by atoms with Gasteiger partial charge in [-0.2, -0.15) is 5.10 Å². The number of hydrogen-bond acceptors (Lipinski definition) is 4. The number of likely N-dealkylation sites (tertiary alicyclic amines) is 1. The van der Waals surface area contributed by atoms with Crippen LogP contribution < -0.4 is 0 Å². The van der Waals surface area contributed by atoms with Gasteiger partial charge in [0.05, 0.1) is 19.3 Å². The highest BCUT2D eigenvalue weighted by molar-refractivity contribution is 5.08. The van der Waals surface area contributed by atoms with Crippen LogP contribution in [0.3, 0.4) is 0 Å². The molecule has 0 radical (unpaired) electrons. The molecule has 22 heavy (non-hydrogen) atoms. The molecule has 0 N–H and O–H groups in total. The van der Waals surface area contributed by atoms with E-state index in [0.717, 1.165) is 25.5 Å². The molecule has 1 saturated carbocycles. The first-order chi connectivity index (χ1) is 10.7. The molecule has 0 unspecified atom stereocenters. The maximum atomic E-state index is 4.43. The number of hydrogen-bond donors (Lipinski definition) is 0. The van der Waals surface area contributed by atoms with E-state index < -0.39 is 0 Å². The zero-order valence-electron chi connectivity index (χ0n) is 13.4. The molecule has 6 heteroatoms. The highest BCUT2D eigenvalue weighted by Gasteiger charge is 2.31. The van der Waals surface area contributed by atoms with Crippen LogP contribution in [-0.2, 0) is 20.1 Å². The summed E-state index contributed by atoms with van der Waals surface area (Å²) in [5, 5.41) is 13.3. The molecule has 0 bridgehead atoms. The quantitative estimate of drug-likeness (QED) is 0.846. The van der Waals surface area contributed by atoms with Crippen LogP contribution >= 0.6 is 0 Å². The highest BCUT2D eigenvalue weighted by atomic mass is 15.3. The van der Waals surface area contributed by atoms with Crippen molar-refractivity contribution in [3.8, 4) is 0 Å². The zero-order valence-corrected chi connectivity index (χ0v) is 13.4. The molecule has 2 fully saturated rings. The minimum absolute atomic E-state index is 0.556. The Kier molecular flexibility index (Phi) is 3.48. The number of aryl methyl sites for hydroxylation is 1. The summed E-state index contributed by atoms with van der Waals surface area (Å²) in [6.07, 6.45) is 9.12. The summed E-state index contributed by atoms with van der Waals surface area (Å²) in [4.78, 5) is 2.54. The number of nitrogens with zero attached hydrogens (tertiary/aromatic N) is 6. The minimum atomic E-state index is 0.556. The van der Waals surface area contributed by atoms with Crippen molar-refractivity contribution in [3.63, 3.8) is 0 Å². The predicted octanol–water partition coefficient (Wildman–Crippen LogP) is 1.86. The fourth-order valence-corrected chi connectivity index (χ4v) is 3.48. The molecule has 4 rings (SSSR count). The second-order valence-corrected chi connectivity index (χ2v) is 6.81. The Hall–Kier alpha value is -1.69. The van der Waals surface area contributed by atoms with Crippen LogP contribution in [0, 0.1) is 6.92 Å². The third kappa shape index (κ3) is 2.67. The first kappa shape index (κ1) is 13.9. The fraction of sp³-hybridized carbons (Fsp3) is 0.688. The van der Waals surface area contributed by atoms with Crippen molar-refractivity contribution >= 4 is 0 Å². The van der Waals surface area contributed by atoms with Crippen LogP contribution in [0.5, 0.6) is 0 Å². The third-order valence-corrected chi connectivity index (χ3v) is 4.94. The summed E-state index contributed by atoms with van der Waals surface area (Å²) in [6.45, 7) is 5.12. The van der Waals surface area contributed by atoms with E-state index in [1.807, 2.05) is 6.20 Å². The van der Waals surface area contributed by atoms with Crippen molar-refractivity contribution in [3.05, 3.63) is 29.6 Å². The minimum Gasteiger partial charge on any atom is -0.317 e. The van der Waals surface area contributed by atoms with Crippen molar-refractivity contribution in [2.45, 2.75) is 57.7 Å². The van der Waals surface area contributed by atoms with Gasteiger partial charge in [-0.3, -0.25) is 9.58 Å². The zero-order chi connectivity index (χ0) is 15.1. The summed E-state index contributed by atoms with van der Waals surface area (Å²) in [5.41, 5.74) is 1.23. The van der Waals surface area contributed by atoms with Gasteiger partial charge in [-0.05, 0) is 44.7 Å². The average Bonchev–Trinajstić information content (AvgIpc) is 2.95. The topological polar surface area (TPSA) is 51.8 Å². The molecular formula is C16H24N6. The van der Waals surface area contributed by atoms with Crippen LogP contribution in [0.15, 0.2) is 12.4 Å². The first-order valence-electron chi connectivity index (χ1n) is 8.32. The Morgan fingerprint density at radius 3 is 2.82 bits per heavy atom. The maximum absolute atomic E-state index is 4.43. The molecule has 1 atom stereocenters. The van der Waals surface area contributed by atoms with Crippen molar-refractivity contribution in [1.29, 1.82) is 0 Å². The van der Waals surface area contributed by atoms with Gasteiger partial charge in [0.1, 0.15) is 11.6 Å². The van der Waals surface area contributed by atoms with E-state index in [1.54, 1.807) is 0 Å². The van der Waals surface area contributed by atoms with Crippen molar-refractivity contribution in [2.24, 2.45) is 7.05 Å². The molecular weight excluding hydrogens is 276 g/mol. The Morgan fingerprint density at radius 2 is 2.09 bits per heavy atom. The highest BCUT2D eigenvalue weighted by Crippen LogP contribution is 2.38. The molecule has 1 saturated heterocycles. The van der Waals surface area contributed by atoms with E-state index in [-0.39, 0.29) is 0 Å². The van der Waals surface area contributed by atoms with Crippen LogP contribution in [0.4, 0.5) is 0 Å². The van der Waals surface area contributed by atoms with Gasteiger partial charge in [0, 0.05) is 25.2 Å². The van der Waals surface area contributed by atoms with E-state index in [0.29, 0.717) is 12.0 Å². The van der Waals surface area contributed by atoms with Crippen LogP contribution in [0.1, 0.15) is 48.8 Å². The maximum Gasteiger partial charge on any atom is 0.146 e. The molecule has 2 aromatic rings. The van der Waals surface area contributed by atoms with E-state index >= 15 is 0 Å².